The normalized spacial score (nSPS) is 12.6. The molecule has 0 radical (unpaired) electrons. The monoisotopic (exact) mass is 421 g/mol. The fourth-order valence-corrected chi connectivity index (χ4v) is 3.08. The highest BCUT2D eigenvalue weighted by Gasteiger charge is 2.11. The lowest BCUT2D eigenvalue weighted by Crippen LogP contribution is -2.36. The maximum absolute atomic E-state index is 10.4. The molecule has 0 spiro atoms. The summed E-state index contributed by atoms with van der Waals surface area (Å²) in [6.07, 6.45) is 5.77. The topological polar surface area (TPSA) is 32.7 Å². The first-order chi connectivity index (χ1) is 13.5. The van der Waals surface area contributed by atoms with E-state index in [1.807, 2.05) is 49.4 Å². The highest BCUT2D eigenvalue weighted by molar-refractivity contribution is 6.42. The number of aliphatic hydroxyl groups is 1. The average molecular weight is 422 g/mol. The van der Waals surface area contributed by atoms with E-state index in [4.69, 9.17) is 27.9 Å². The quantitative estimate of drug-likeness (QED) is 0.493. The third-order valence-corrected chi connectivity index (χ3v) is 5.12. The molecular weight excluding hydrogens is 393 g/mol. The first-order valence-corrected chi connectivity index (χ1v) is 10.4. The predicted octanol–water partition coefficient (Wildman–Crippen LogP) is 5.86. The van der Waals surface area contributed by atoms with E-state index in [1.165, 1.54) is 5.56 Å². The van der Waals surface area contributed by atoms with E-state index in [2.05, 4.69) is 17.9 Å². The smallest absolute Gasteiger partial charge is 0.119 e. The van der Waals surface area contributed by atoms with Crippen molar-refractivity contribution in [2.24, 2.45) is 0 Å². The van der Waals surface area contributed by atoms with Crippen LogP contribution in [0.25, 0.3) is 6.08 Å². The second kappa shape index (κ2) is 12.1. The van der Waals surface area contributed by atoms with Crippen molar-refractivity contribution < 1.29 is 9.84 Å². The molecule has 1 N–H and O–H groups in total. The molecule has 28 heavy (non-hydrogen) atoms. The fourth-order valence-electron chi connectivity index (χ4n) is 2.77. The van der Waals surface area contributed by atoms with E-state index in [-0.39, 0.29) is 6.61 Å². The molecular formula is C23H29Cl2NO2. The standard InChI is InChI=1S/C23H29Cl2NO2/c1-3-4-13-26(14-5-6-19-9-12-22(24)23(25)15-19)16-20(27)17-28-21-10-7-18(2)8-11-21/h5-12,15,20,27H,3-4,13-14,16-17H2,1-2H3/b6-5+. The first-order valence-electron chi connectivity index (χ1n) is 9.69. The Hall–Kier alpha value is -1.52. The Balaban J connectivity index is 1.85. The van der Waals surface area contributed by atoms with Gasteiger partial charge in [-0.2, -0.15) is 0 Å². The van der Waals surface area contributed by atoms with Gasteiger partial charge in [-0.3, -0.25) is 4.90 Å². The van der Waals surface area contributed by atoms with Crippen LogP contribution in [-0.2, 0) is 0 Å². The SMILES string of the molecule is CCCCN(C/C=C/c1ccc(Cl)c(Cl)c1)CC(O)COc1ccc(C)cc1. The minimum Gasteiger partial charge on any atom is -0.491 e. The van der Waals surface area contributed by atoms with Crippen LogP contribution < -0.4 is 4.74 Å². The zero-order valence-corrected chi connectivity index (χ0v) is 18.1. The van der Waals surface area contributed by atoms with Gasteiger partial charge in [0.2, 0.25) is 0 Å². The van der Waals surface area contributed by atoms with Gasteiger partial charge in [0.05, 0.1) is 10.0 Å². The van der Waals surface area contributed by atoms with E-state index >= 15 is 0 Å². The number of rotatable bonds is 11. The third kappa shape index (κ3) is 8.24. The second-order valence-corrected chi connectivity index (χ2v) is 7.78. The molecule has 0 heterocycles. The van der Waals surface area contributed by atoms with Gasteiger partial charge >= 0.3 is 0 Å². The summed E-state index contributed by atoms with van der Waals surface area (Å²) in [5.74, 6) is 0.782. The molecule has 2 aromatic carbocycles. The molecule has 0 aliphatic heterocycles. The van der Waals surface area contributed by atoms with Gasteiger partial charge < -0.3 is 9.84 Å². The number of aliphatic hydroxyl groups excluding tert-OH is 1. The van der Waals surface area contributed by atoms with E-state index in [0.717, 1.165) is 37.2 Å². The zero-order chi connectivity index (χ0) is 20.4. The van der Waals surface area contributed by atoms with E-state index < -0.39 is 6.10 Å². The van der Waals surface area contributed by atoms with Gasteiger partial charge in [-0.1, -0.05) is 72.5 Å². The summed E-state index contributed by atoms with van der Waals surface area (Å²) < 4.78 is 5.70. The summed E-state index contributed by atoms with van der Waals surface area (Å²) in [6, 6.07) is 13.4. The van der Waals surface area contributed by atoms with Crippen LogP contribution >= 0.6 is 23.2 Å². The third-order valence-electron chi connectivity index (χ3n) is 4.38. The molecule has 3 nitrogen and oxygen atoms in total. The number of benzene rings is 2. The van der Waals surface area contributed by atoms with Crippen LogP contribution in [0.3, 0.4) is 0 Å². The molecule has 0 saturated heterocycles. The molecule has 0 aromatic heterocycles. The summed E-state index contributed by atoms with van der Waals surface area (Å²) in [5.41, 5.74) is 2.19. The maximum Gasteiger partial charge on any atom is 0.119 e. The van der Waals surface area contributed by atoms with Gasteiger partial charge in [-0.25, -0.2) is 0 Å². The first kappa shape index (κ1) is 22.8. The minimum absolute atomic E-state index is 0.280. The molecule has 0 saturated carbocycles. The molecule has 0 aliphatic rings. The molecule has 0 amide bonds. The van der Waals surface area contributed by atoms with Gasteiger partial charge in [-0.15, -0.1) is 0 Å². The van der Waals surface area contributed by atoms with Crippen LogP contribution in [0.4, 0.5) is 0 Å². The summed E-state index contributed by atoms with van der Waals surface area (Å²) >= 11 is 12.0. The molecule has 0 aliphatic carbocycles. The van der Waals surface area contributed by atoms with Crippen molar-refractivity contribution in [3.8, 4) is 5.75 Å². The van der Waals surface area contributed by atoms with Gasteiger partial charge in [0.1, 0.15) is 18.5 Å². The van der Waals surface area contributed by atoms with Crippen molar-refractivity contribution in [1.29, 1.82) is 0 Å². The lowest BCUT2D eigenvalue weighted by atomic mass is 10.2. The minimum atomic E-state index is -0.545. The molecule has 152 valence electrons. The Labute approximate surface area is 178 Å². The largest absolute Gasteiger partial charge is 0.491 e. The second-order valence-electron chi connectivity index (χ2n) is 6.97. The molecule has 0 bridgehead atoms. The lowest BCUT2D eigenvalue weighted by molar-refractivity contribution is 0.0715. The van der Waals surface area contributed by atoms with Crippen molar-refractivity contribution in [3.05, 3.63) is 69.7 Å². The van der Waals surface area contributed by atoms with Crippen LogP contribution in [0.2, 0.25) is 10.0 Å². The molecule has 2 rings (SSSR count). The summed E-state index contributed by atoms with van der Waals surface area (Å²) in [7, 11) is 0. The zero-order valence-electron chi connectivity index (χ0n) is 16.6. The van der Waals surface area contributed by atoms with Crippen LogP contribution in [0.1, 0.15) is 30.9 Å². The number of ether oxygens (including phenoxy) is 1. The summed E-state index contributed by atoms with van der Waals surface area (Å²) in [5, 5.41) is 11.5. The Morgan fingerprint density at radius 2 is 1.86 bits per heavy atom. The van der Waals surface area contributed by atoms with E-state index in [0.29, 0.717) is 16.6 Å². The van der Waals surface area contributed by atoms with Gasteiger partial charge in [0.25, 0.3) is 0 Å². The molecule has 1 unspecified atom stereocenters. The number of hydrogen-bond donors (Lipinski definition) is 1. The highest BCUT2D eigenvalue weighted by Crippen LogP contribution is 2.23. The van der Waals surface area contributed by atoms with Crippen molar-refractivity contribution in [3.63, 3.8) is 0 Å². The molecule has 2 aromatic rings. The van der Waals surface area contributed by atoms with Gasteiger partial charge in [0.15, 0.2) is 0 Å². The molecule has 0 fully saturated rings. The van der Waals surface area contributed by atoms with Gasteiger partial charge in [0, 0.05) is 13.1 Å². The summed E-state index contributed by atoms with van der Waals surface area (Å²) in [4.78, 5) is 2.24. The van der Waals surface area contributed by atoms with Crippen molar-refractivity contribution in [2.45, 2.75) is 32.8 Å². The van der Waals surface area contributed by atoms with Crippen LogP contribution in [0.15, 0.2) is 48.5 Å². The lowest BCUT2D eigenvalue weighted by Gasteiger charge is -2.24. The molecule has 1 atom stereocenters. The number of aryl methyl sites for hydroxylation is 1. The van der Waals surface area contributed by atoms with Crippen LogP contribution in [0.5, 0.6) is 5.75 Å². The van der Waals surface area contributed by atoms with Crippen molar-refractivity contribution >= 4 is 29.3 Å². The Kier molecular flexibility index (Phi) is 9.86. The number of halogens is 2. The Bertz CT molecular complexity index is 747. The number of hydrogen-bond acceptors (Lipinski definition) is 3. The number of nitrogens with zero attached hydrogens (tertiary/aromatic N) is 1. The maximum atomic E-state index is 10.4. The van der Waals surface area contributed by atoms with Gasteiger partial charge in [-0.05, 0) is 49.7 Å². The van der Waals surface area contributed by atoms with E-state index in [1.54, 1.807) is 6.07 Å². The highest BCUT2D eigenvalue weighted by atomic mass is 35.5. The Morgan fingerprint density at radius 1 is 1.11 bits per heavy atom. The number of unbranched alkanes of at least 4 members (excludes halogenated alkanes) is 1. The van der Waals surface area contributed by atoms with E-state index in [9.17, 15) is 5.11 Å². The average Bonchev–Trinajstić information content (AvgIpc) is 2.68. The van der Waals surface area contributed by atoms with Crippen LogP contribution in [-0.4, -0.2) is 42.4 Å². The predicted molar refractivity (Wildman–Crippen MR) is 120 cm³/mol. The van der Waals surface area contributed by atoms with Crippen molar-refractivity contribution in [1.82, 2.24) is 4.90 Å². The van der Waals surface area contributed by atoms with Crippen LogP contribution in [0, 0.1) is 6.92 Å². The fraction of sp³-hybridized carbons (Fsp3) is 0.391. The molecule has 5 heteroatoms. The summed E-state index contributed by atoms with van der Waals surface area (Å²) in [6.45, 7) is 6.74. The Morgan fingerprint density at radius 3 is 2.54 bits per heavy atom. The van der Waals surface area contributed by atoms with Crippen molar-refractivity contribution in [2.75, 3.05) is 26.2 Å².